The Morgan fingerprint density at radius 3 is 2.88 bits per heavy atom. The normalized spacial score (nSPS) is 27.3. The highest BCUT2D eigenvalue weighted by Crippen LogP contribution is 2.44. The molecule has 0 aromatic carbocycles. The van der Waals surface area contributed by atoms with Crippen LogP contribution in [-0.4, -0.2) is 70.6 Å². The fourth-order valence-electron chi connectivity index (χ4n) is 4.26. The summed E-state index contributed by atoms with van der Waals surface area (Å²) < 4.78 is 13.0. The number of nitrogens with one attached hydrogen (secondary N) is 1. The van der Waals surface area contributed by atoms with Crippen LogP contribution in [-0.2, 0) is 9.26 Å². The molecule has 2 aromatic heterocycles. The van der Waals surface area contributed by atoms with Gasteiger partial charge in [-0.1, -0.05) is 6.42 Å². The van der Waals surface area contributed by atoms with Gasteiger partial charge in [-0.2, -0.15) is 4.98 Å². The van der Waals surface area contributed by atoms with Gasteiger partial charge in [-0.25, -0.2) is 9.50 Å². The van der Waals surface area contributed by atoms with Gasteiger partial charge in [-0.05, 0) is 49.6 Å². The first kappa shape index (κ1) is 24.4. The van der Waals surface area contributed by atoms with Gasteiger partial charge in [0.2, 0.25) is 5.28 Å². The predicted octanol–water partition coefficient (Wildman–Crippen LogP) is 2.54. The molecule has 1 saturated heterocycles. The number of aliphatic hydroxyl groups is 1. The molecule has 0 amide bonds. The largest absolute Gasteiger partial charge is 0.393 e. The fraction of sp³-hybridized carbons (Fsp3) is 0.722. The second kappa shape index (κ2) is 11.1. The van der Waals surface area contributed by atoms with Crippen LogP contribution < -0.4 is 5.32 Å². The third-order valence-electron chi connectivity index (χ3n) is 5.77. The summed E-state index contributed by atoms with van der Waals surface area (Å²) in [5, 5.41) is 17.6. The number of imidazole rings is 1. The second-order valence-corrected chi connectivity index (χ2v) is 11.4. The Labute approximate surface area is 193 Å². The average Bonchev–Trinajstić information content (AvgIpc) is 3.37. The second-order valence-electron chi connectivity index (χ2n) is 8.20. The third kappa shape index (κ3) is 6.23. The lowest BCUT2D eigenvalue weighted by molar-refractivity contribution is 0.0151. The lowest BCUT2D eigenvalue weighted by atomic mass is 9.87. The number of rotatable bonds is 9. The molecule has 1 aliphatic carbocycles. The molecule has 2 aromatic rings. The van der Waals surface area contributed by atoms with Crippen molar-refractivity contribution < 1.29 is 29.0 Å². The van der Waals surface area contributed by atoms with E-state index in [1.165, 1.54) is 0 Å². The van der Waals surface area contributed by atoms with Crippen molar-refractivity contribution in [3.05, 3.63) is 17.2 Å². The molecule has 2 fully saturated rings. The number of fused-ring (bicyclic) bond motifs is 1. The lowest BCUT2D eigenvalue weighted by Gasteiger charge is -2.26. The van der Waals surface area contributed by atoms with Crippen LogP contribution in [0, 0.1) is 5.92 Å². The molecule has 1 saturated carbocycles. The molecule has 0 spiro atoms. The summed E-state index contributed by atoms with van der Waals surface area (Å²) in [6, 6.07) is 0. The zero-order valence-electron chi connectivity index (χ0n) is 17.4. The molecular formula is C18H28ClN5O6P2. The minimum absolute atomic E-state index is 0.0937. The van der Waals surface area contributed by atoms with E-state index < -0.39 is 16.8 Å². The van der Waals surface area contributed by atoms with E-state index in [0.717, 1.165) is 44.2 Å². The quantitative estimate of drug-likeness (QED) is 0.320. The number of hydrogen-bond donors (Lipinski definition) is 5. The number of ether oxygens (including phenoxy) is 1. The molecule has 0 radical (unpaired) electrons. The van der Waals surface area contributed by atoms with Crippen molar-refractivity contribution in [3.8, 4) is 0 Å². The molecule has 4 rings (SSSR count). The zero-order valence-corrected chi connectivity index (χ0v) is 20.0. The van der Waals surface area contributed by atoms with Gasteiger partial charge in [0.25, 0.3) is 0 Å². The molecule has 11 nitrogen and oxygen atoms in total. The van der Waals surface area contributed by atoms with Crippen molar-refractivity contribution >= 4 is 39.8 Å². The predicted molar refractivity (Wildman–Crippen MR) is 120 cm³/mol. The van der Waals surface area contributed by atoms with Gasteiger partial charge < -0.3 is 34.4 Å². The zero-order chi connectivity index (χ0) is 22.7. The van der Waals surface area contributed by atoms with Crippen LogP contribution in [0.5, 0.6) is 0 Å². The average molecular weight is 508 g/mol. The summed E-state index contributed by atoms with van der Waals surface area (Å²) in [4.78, 5) is 36.4. The molecule has 3 heterocycles. The van der Waals surface area contributed by atoms with Gasteiger partial charge in [0.05, 0.1) is 36.6 Å². The Morgan fingerprint density at radius 2 is 2.09 bits per heavy atom. The van der Waals surface area contributed by atoms with Crippen molar-refractivity contribution in [2.75, 3.05) is 24.4 Å². The molecule has 14 heteroatoms. The topological polar surface area (TPSA) is 154 Å². The highest BCUT2D eigenvalue weighted by atomic mass is 35.5. The molecule has 2 aliphatic rings. The first-order chi connectivity index (χ1) is 15.4. The van der Waals surface area contributed by atoms with E-state index in [9.17, 15) is 10.00 Å². The molecular weight excluding hydrogens is 480 g/mol. The minimum atomic E-state index is -2.18. The number of aromatic nitrogens is 4. The number of hydrogen-bond acceptors (Lipinski definition) is 10. The Morgan fingerprint density at radius 1 is 1.25 bits per heavy atom. The summed E-state index contributed by atoms with van der Waals surface area (Å²) in [5.74, 6) is 0.759. The summed E-state index contributed by atoms with van der Waals surface area (Å²) >= 11 is 6.18. The SMILES string of the molecule is OC1CCCC(CNc2nc(Cl)nn3c(C4CCC(COP(O)CP(O)O)O4)cnc23)C1. The Bertz CT molecular complexity index is 908. The van der Waals surface area contributed by atoms with Crippen molar-refractivity contribution in [1.82, 2.24) is 19.6 Å². The first-order valence-corrected chi connectivity index (χ1v) is 13.8. The Balaban J connectivity index is 1.40. The standard InChI is InChI=1S/C18H28ClN5O6P2/c19-18-22-16(20-7-11-2-1-3-12(25)6-11)17-21-8-14(24(17)23-18)15-5-4-13(30-15)9-29-32(28)10-31(26)27/h8,11-13,15,25-28H,1-7,9-10H2,(H,20,22,23). The first-order valence-electron chi connectivity index (χ1n) is 10.6. The fourth-order valence-corrected chi connectivity index (χ4v) is 5.95. The Hall–Kier alpha value is -0.740. The summed E-state index contributed by atoms with van der Waals surface area (Å²) in [7, 11) is -4.06. The van der Waals surface area contributed by atoms with Gasteiger partial charge in [0.1, 0.15) is 6.10 Å². The van der Waals surface area contributed by atoms with E-state index in [1.807, 2.05) is 0 Å². The molecule has 5 atom stereocenters. The van der Waals surface area contributed by atoms with E-state index >= 15 is 0 Å². The van der Waals surface area contributed by atoms with E-state index in [2.05, 4.69) is 20.4 Å². The van der Waals surface area contributed by atoms with Crippen molar-refractivity contribution in [1.29, 1.82) is 0 Å². The summed E-state index contributed by atoms with van der Waals surface area (Å²) in [5.41, 5.74) is 1.31. The van der Waals surface area contributed by atoms with E-state index in [1.54, 1.807) is 10.7 Å². The van der Waals surface area contributed by atoms with Gasteiger partial charge in [0.15, 0.2) is 28.2 Å². The number of nitrogens with zero attached hydrogens (tertiary/aromatic N) is 4. The molecule has 5 N–H and O–H groups in total. The smallest absolute Gasteiger partial charge is 0.243 e. The van der Waals surface area contributed by atoms with Crippen molar-refractivity contribution in [2.24, 2.45) is 5.92 Å². The highest BCUT2D eigenvalue weighted by Gasteiger charge is 2.31. The van der Waals surface area contributed by atoms with Crippen LogP contribution >= 0.6 is 28.4 Å². The molecule has 0 bridgehead atoms. The molecule has 32 heavy (non-hydrogen) atoms. The van der Waals surface area contributed by atoms with Crippen molar-refractivity contribution in [2.45, 2.75) is 56.8 Å². The van der Waals surface area contributed by atoms with Gasteiger partial charge in [-0.15, -0.1) is 5.10 Å². The van der Waals surface area contributed by atoms with Crippen LogP contribution in [0.15, 0.2) is 6.20 Å². The Kier molecular flexibility index (Phi) is 8.48. The van der Waals surface area contributed by atoms with Crippen LogP contribution in [0.2, 0.25) is 5.28 Å². The summed E-state index contributed by atoms with van der Waals surface area (Å²) in [6.07, 6.45) is 6.14. The van der Waals surface area contributed by atoms with Crippen molar-refractivity contribution in [3.63, 3.8) is 0 Å². The van der Waals surface area contributed by atoms with Crippen LogP contribution in [0.1, 0.15) is 50.3 Å². The van der Waals surface area contributed by atoms with Crippen LogP contribution in [0.25, 0.3) is 5.65 Å². The van der Waals surface area contributed by atoms with E-state index in [4.69, 9.17) is 30.6 Å². The molecule has 178 valence electrons. The molecule has 5 unspecified atom stereocenters. The van der Waals surface area contributed by atoms with Crippen LogP contribution in [0.4, 0.5) is 5.82 Å². The third-order valence-corrected chi connectivity index (χ3v) is 8.36. The van der Waals surface area contributed by atoms with E-state index in [0.29, 0.717) is 23.9 Å². The number of halogens is 1. The summed E-state index contributed by atoms with van der Waals surface area (Å²) in [6.45, 7) is 0.851. The maximum atomic E-state index is 9.90. The number of aliphatic hydroxyl groups excluding tert-OH is 1. The van der Waals surface area contributed by atoms with E-state index in [-0.39, 0.29) is 36.1 Å². The highest BCUT2D eigenvalue weighted by molar-refractivity contribution is 7.63. The minimum Gasteiger partial charge on any atom is -0.393 e. The van der Waals surface area contributed by atoms with Gasteiger partial charge >= 0.3 is 0 Å². The van der Waals surface area contributed by atoms with Gasteiger partial charge in [0, 0.05) is 6.54 Å². The number of anilines is 1. The van der Waals surface area contributed by atoms with Gasteiger partial charge in [-0.3, -0.25) is 0 Å². The van der Waals surface area contributed by atoms with Crippen LogP contribution in [0.3, 0.4) is 0 Å². The lowest BCUT2D eigenvalue weighted by Crippen LogP contribution is -2.25. The maximum Gasteiger partial charge on any atom is 0.243 e. The molecule has 1 aliphatic heterocycles. The maximum absolute atomic E-state index is 9.90. The monoisotopic (exact) mass is 507 g/mol.